The van der Waals surface area contributed by atoms with Crippen LogP contribution in [-0.2, 0) is 17.8 Å². The molecule has 1 unspecified atom stereocenters. The van der Waals surface area contributed by atoms with Gasteiger partial charge in [0.2, 0.25) is 5.91 Å². The molecule has 0 aliphatic carbocycles. The van der Waals surface area contributed by atoms with Gasteiger partial charge in [-0.05, 0) is 55.7 Å². The van der Waals surface area contributed by atoms with Crippen LogP contribution >= 0.6 is 11.6 Å². The Morgan fingerprint density at radius 1 is 1.00 bits per heavy atom. The van der Waals surface area contributed by atoms with E-state index < -0.39 is 0 Å². The van der Waals surface area contributed by atoms with E-state index in [2.05, 4.69) is 47.4 Å². The summed E-state index contributed by atoms with van der Waals surface area (Å²) in [6, 6.07) is 18.9. The lowest BCUT2D eigenvalue weighted by Crippen LogP contribution is -3.12. The molecule has 2 saturated heterocycles. The molecular formula is C25H32ClN2O+. The van der Waals surface area contributed by atoms with Crippen LogP contribution < -0.4 is 4.90 Å². The first-order valence-corrected chi connectivity index (χ1v) is 11.5. The number of halogens is 1. The molecule has 0 bridgehead atoms. The SMILES string of the molecule is O=C([C@H]1CCC[NH+](Cc2cccc(Cl)c2)C1)N1CCC(Cc2ccccc2)CC1. The Kier molecular flexibility index (Phi) is 6.89. The van der Waals surface area contributed by atoms with Crippen LogP contribution in [0.2, 0.25) is 5.02 Å². The Hall–Kier alpha value is -1.84. The fraction of sp³-hybridized carbons (Fsp3) is 0.480. The molecule has 2 aliphatic heterocycles. The normalized spacial score (nSPS) is 23.1. The first-order chi connectivity index (χ1) is 14.2. The number of hydrogen-bond donors (Lipinski definition) is 1. The second kappa shape index (κ2) is 9.77. The van der Waals surface area contributed by atoms with E-state index in [0.29, 0.717) is 11.8 Å². The molecule has 2 heterocycles. The number of piperidine rings is 2. The second-order valence-corrected chi connectivity index (χ2v) is 9.24. The maximum Gasteiger partial charge on any atom is 0.231 e. The zero-order chi connectivity index (χ0) is 20.1. The minimum Gasteiger partial charge on any atom is -0.342 e. The molecule has 2 atom stereocenters. The highest BCUT2D eigenvalue weighted by Gasteiger charge is 2.33. The maximum absolute atomic E-state index is 13.2. The van der Waals surface area contributed by atoms with Crippen molar-refractivity contribution in [1.82, 2.24) is 4.90 Å². The smallest absolute Gasteiger partial charge is 0.231 e. The predicted molar refractivity (Wildman–Crippen MR) is 118 cm³/mol. The van der Waals surface area contributed by atoms with E-state index in [1.54, 1.807) is 0 Å². The van der Waals surface area contributed by atoms with Crippen molar-refractivity contribution in [2.75, 3.05) is 26.2 Å². The van der Waals surface area contributed by atoms with E-state index >= 15 is 0 Å². The van der Waals surface area contributed by atoms with Gasteiger partial charge in [-0.25, -0.2) is 0 Å². The molecule has 0 radical (unpaired) electrons. The Labute approximate surface area is 179 Å². The Balaban J connectivity index is 1.27. The van der Waals surface area contributed by atoms with Crippen LogP contribution in [0.5, 0.6) is 0 Å². The van der Waals surface area contributed by atoms with Crippen LogP contribution in [0.4, 0.5) is 0 Å². The van der Waals surface area contributed by atoms with Crippen LogP contribution in [0.3, 0.4) is 0 Å². The van der Waals surface area contributed by atoms with Gasteiger partial charge in [0, 0.05) is 23.7 Å². The summed E-state index contributed by atoms with van der Waals surface area (Å²) < 4.78 is 0. The largest absolute Gasteiger partial charge is 0.342 e. The minimum absolute atomic E-state index is 0.184. The van der Waals surface area contributed by atoms with Gasteiger partial charge >= 0.3 is 0 Å². The average molecular weight is 412 g/mol. The minimum atomic E-state index is 0.184. The van der Waals surface area contributed by atoms with Gasteiger partial charge in [0.05, 0.1) is 19.0 Å². The van der Waals surface area contributed by atoms with Crippen molar-refractivity contribution in [3.05, 3.63) is 70.7 Å². The number of rotatable bonds is 5. The number of carbonyl (C=O) groups is 1. The van der Waals surface area contributed by atoms with Gasteiger partial charge in [-0.1, -0.05) is 54.1 Å². The first-order valence-electron chi connectivity index (χ1n) is 11.1. The Morgan fingerprint density at radius 3 is 2.52 bits per heavy atom. The third-order valence-corrected chi connectivity index (χ3v) is 6.84. The molecule has 1 N–H and O–H groups in total. The molecule has 1 amide bonds. The number of amides is 1. The van der Waals surface area contributed by atoms with Crippen molar-refractivity contribution >= 4 is 17.5 Å². The monoisotopic (exact) mass is 411 g/mol. The highest BCUT2D eigenvalue weighted by Crippen LogP contribution is 2.24. The molecule has 154 valence electrons. The van der Waals surface area contributed by atoms with Crippen molar-refractivity contribution in [1.29, 1.82) is 0 Å². The van der Waals surface area contributed by atoms with Crippen molar-refractivity contribution in [3.8, 4) is 0 Å². The van der Waals surface area contributed by atoms with E-state index in [1.807, 2.05) is 12.1 Å². The summed E-state index contributed by atoms with van der Waals surface area (Å²) in [5, 5.41) is 0.796. The molecule has 2 aromatic carbocycles. The quantitative estimate of drug-likeness (QED) is 0.798. The van der Waals surface area contributed by atoms with E-state index in [9.17, 15) is 4.79 Å². The summed E-state index contributed by atoms with van der Waals surface area (Å²) in [5.41, 5.74) is 2.69. The lowest BCUT2D eigenvalue weighted by atomic mass is 9.89. The number of benzene rings is 2. The van der Waals surface area contributed by atoms with Gasteiger partial charge in [0.25, 0.3) is 0 Å². The Bertz CT molecular complexity index is 801. The zero-order valence-electron chi connectivity index (χ0n) is 17.2. The van der Waals surface area contributed by atoms with Gasteiger partial charge in [0.1, 0.15) is 6.54 Å². The number of hydrogen-bond acceptors (Lipinski definition) is 1. The van der Waals surface area contributed by atoms with Crippen molar-refractivity contribution < 1.29 is 9.69 Å². The molecular weight excluding hydrogens is 380 g/mol. The highest BCUT2D eigenvalue weighted by molar-refractivity contribution is 6.30. The molecule has 29 heavy (non-hydrogen) atoms. The van der Waals surface area contributed by atoms with Crippen molar-refractivity contribution in [3.63, 3.8) is 0 Å². The van der Waals surface area contributed by atoms with Crippen LogP contribution in [0.1, 0.15) is 36.8 Å². The molecule has 0 spiro atoms. The zero-order valence-corrected chi connectivity index (χ0v) is 17.9. The van der Waals surface area contributed by atoms with E-state index in [-0.39, 0.29) is 5.92 Å². The van der Waals surface area contributed by atoms with Crippen molar-refractivity contribution in [2.24, 2.45) is 11.8 Å². The van der Waals surface area contributed by atoms with Crippen LogP contribution in [0, 0.1) is 11.8 Å². The number of nitrogens with zero attached hydrogens (tertiary/aromatic N) is 1. The topological polar surface area (TPSA) is 24.8 Å². The molecule has 0 saturated carbocycles. The lowest BCUT2D eigenvalue weighted by molar-refractivity contribution is -0.921. The average Bonchev–Trinajstić information content (AvgIpc) is 2.75. The van der Waals surface area contributed by atoms with Gasteiger partial charge in [-0.3, -0.25) is 4.79 Å². The number of carbonyl (C=O) groups excluding carboxylic acids is 1. The standard InChI is InChI=1S/C25H31ClN2O/c26-24-10-4-8-22(17-24)18-27-13-5-9-23(19-27)25(29)28-14-11-21(12-15-28)16-20-6-2-1-3-7-20/h1-4,6-8,10,17,21,23H,5,9,11-16,18-19H2/p+1/t23-/m0/s1. The van der Waals surface area contributed by atoms with Crippen molar-refractivity contribution in [2.45, 2.75) is 38.6 Å². The Morgan fingerprint density at radius 2 is 1.76 bits per heavy atom. The first kappa shape index (κ1) is 20.4. The second-order valence-electron chi connectivity index (χ2n) is 8.81. The van der Waals surface area contributed by atoms with Gasteiger partial charge in [0.15, 0.2) is 0 Å². The van der Waals surface area contributed by atoms with E-state index in [1.165, 1.54) is 16.0 Å². The molecule has 0 aromatic heterocycles. The van der Waals surface area contributed by atoms with Gasteiger partial charge < -0.3 is 9.80 Å². The third-order valence-electron chi connectivity index (χ3n) is 6.60. The summed E-state index contributed by atoms with van der Waals surface area (Å²) >= 11 is 6.14. The maximum atomic E-state index is 13.2. The van der Waals surface area contributed by atoms with Crippen LogP contribution in [0.15, 0.2) is 54.6 Å². The summed E-state index contributed by atoms with van der Waals surface area (Å²) in [7, 11) is 0. The summed E-state index contributed by atoms with van der Waals surface area (Å²) in [4.78, 5) is 16.8. The molecule has 2 fully saturated rings. The fourth-order valence-electron chi connectivity index (χ4n) is 5.02. The van der Waals surface area contributed by atoms with Gasteiger partial charge in [-0.2, -0.15) is 0 Å². The molecule has 3 nitrogen and oxygen atoms in total. The summed E-state index contributed by atoms with van der Waals surface area (Å²) in [6.45, 7) is 4.92. The summed E-state index contributed by atoms with van der Waals surface area (Å²) in [5.74, 6) is 1.29. The third kappa shape index (κ3) is 5.61. The molecule has 2 aromatic rings. The molecule has 4 heteroatoms. The molecule has 2 aliphatic rings. The van der Waals surface area contributed by atoms with Crippen LogP contribution in [-0.4, -0.2) is 37.0 Å². The number of quaternary nitrogens is 1. The molecule has 4 rings (SSSR count). The lowest BCUT2D eigenvalue weighted by Gasteiger charge is -2.36. The van der Waals surface area contributed by atoms with E-state index in [0.717, 1.165) is 69.9 Å². The highest BCUT2D eigenvalue weighted by atomic mass is 35.5. The number of likely N-dealkylation sites (tertiary alicyclic amines) is 2. The number of nitrogens with one attached hydrogen (secondary N) is 1. The fourth-order valence-corrected chi connectivity index (χ4v) is 5.23. The van der Waals surface area contributed by atoms with E-state index in [4.69, 9.17) is 11.6 Å². The van der Waals surface area contributed by atoms with Gasteiger partial charge in [-0.15, -0.1) is 0 Å². The predicted octanol–water partition coefficient (Wildman–Crippen LogP) is 3.62. The summed E-state index contributed by atoms with van der Waals surface area (Å²) in [6.07, 6.45) is 5.58. The van der Waals surface area contributed by atoms with Crippen LogP contribution in [0.25, 0.3) is 0 Å².